The number of amides is 2. The lowest BCUT2D eigenvalue weighted by Crippen LogP contribution is -2.20. The molecule has 0 aliphatic carbocycles. The van der Waals surface area contributed by atoms with Gasteiger partial charge in [-0.15, -0.1) is 0 Å². The van der Waals surface area contributed by atoms with Crippen molar-refractivity contribution in [3.63, 3.8) is 0 Å². The number of phenols is 1. The summed E-state index contributed by atoms with van der Waals surface area (Å²) >= 11 is 6.36. The molecule has 0 saturated carbocycles. The van der Waals surface area contributed by atoms with Gasteiger partial charge in [0.2, 0.25) is 0 Å². The van der Waals surface area contributed by atoms with Crippen molar-refractivity contribution in [1.29, 1.82) is 5.26 Å². The number of benzene rings is 3. The van der Waals surface area contributed by atoms with Crippen LogP contribution < -0.4 is 20.1 Å². The van der Waals surface area contributed by atoms with E-state index in [1.54, 1.807) is 6.07 Å². The van der Waals surface area contributed by atoms with E-state index in [0.29, 0.717) is 16.9 Å². The summed E-state index contributed by atoms with van der Waals surface area (Å²) in [6, 6.07) is 18.1. The van der Waals surface area contributed by atoms with E-state index in [-0.39, 0.29) is 40.4 Å². The summed E-state index contributed by atoms with van der Waals surface area (Å²) < 4.78 is 10.9. The zero-order valence-corrected chi connectivity index (χ0v) is 19.7. The second-order valence-electron chi connectivity index (χ2n) is 7.41. The predicted molar refractivity (Wildman–Crippen MR) is 134 cm³/mol. The Morgan fingerprint density at radius 3 is 2.49 bits per heavy atom. The molecule has 3 aromatic rings. The molecule has 9 heteroatoms. The van der Waals surface area contributed by atoms with E-state index in [2.05, 4.69) is 10.6 Å². The number of phenolic OH excluding ortho intramolecular Hbond substituents is 1. The summed E-state index contributed by atoms with van der Waals surface area (Å²) in [6.45, 7) is 1.61. The Labute approximate surface area is 207 Å². The van der Waals surface area contributed by atoms with Crippen LogP contribution in [-0.2, 0) is 9.59 Å². The van der Waals surface area contributed by atoms with Crippen LogP contribution in [0.2, 0.25) is 5.02 Å². The van der Waals surface area contributed by atoms with E-state index in [9.17, 15) is 20.0 Å². The van der Waals surface area contributed by atoms with Gasteiger partial charge < -0.3 is 25.2 Å². The highest BCUT2D eigenvalue weighted by molar-refractivity contribution is 6.32. The molecule has 0 fully saturated rings. The second-order valence-corrected chi connectivity index (χ2v) is 7.82. The molecular weight excluding hydrogens is 470 g/mol. The van der Waals surface area contributed by atoms with Gasteiger partial charge >= 0.3 is 0 Å². The number of nitrogens with one attached hydrogen (secondary N) is 2. The van der Waals surface area contributed by atoms with Crippen molar-refractivity contribution in [3.05, 3.63) is 82.4 Å². The van der Waals surface area contributed by atoms with Gasteiger partial charge in [-0.2, -0.15) is 5.26 Å². The maximum atomic E-state index is 12.5. The minimum Gasteiger partial charge on any atom is -0.508 e. The van der Waals surface area contributed by atoms with Crippen LogP contribution in [0, 0.1) is 18.3 Å². The summed E-state index contributed by atoms with van der Waals surface area (Å²) in [6.07, 6.45) is 1.35. The van der Waals surface area contributed by atoms with E-state index in [0.717, 1.165) is 5.56 Å². The highest BCUT2D eigenvalue weighted by Gasteiger charge is 2.16. The van der Waals surface area contributed by atoms with Gasteiger partial charge in [-0.1, -0.05) is 23.7 Å². The van der Waals surface area contributed by atoms with Crippen molar-refractivity contribution in [1.82, 2.24) is 0 Å². The van der Waals surface area contributed by atoms with Crippen molar-refractivity contribution in [3.8, 4) is 23.3 Å². The fourth-order valence-corrected chi connectivity index (χ4v) is 3.35. The average Bonchev–Trinajstić information content (AvgIpc) is 2.82. The fraction of sp³-hybridized carbons (Fsp3) is 0.115. The Morgan fingerprint density at radius 2 is 1.83 bits per heavy atom. The Hall–Kier alpha value is -4.48. The monoisotopic (exact) mass is 491 g/mol. The van der Waals surface area contributed by atoms with E-state index in [4.69, 9.17) is 21.1 Å². The SMILES string of the molecule is COc1cc(/C=C(\C#N)C(=O)Nc2ccc(O)cc2)cc(Cl)c1OCC(=O)Nc1cccc(C)c1. The molecule has 0 unspecified atom stereocenters. The quantitative estimate of drug-likeness (QED) is 0.233. The number of nitriles is 1. The van der Waals surface area contributed by atoms with Crippen molar-refractivity contribution in [2.75, 3.05) is 24.4 Å². The minimum absolute atomic E-state index is 0.0516. The molecule has 3 aromatic carbocycles. The van der Waals surface area contributed by atoms with Crippen LogP contribution in [0.4, 0.5) is 11.4 Å². The first-order valence-corrected chi connectivity index (χ1v) is 10.8. The van der Waals surface area contributed by atoms with Gasteiger partial charge in [0, 0.05) is 11.4 Å². The zero-order valence-electron chi connectivity index (χ0n) is 19.0. The van der Waals surface area contributed by atoms with Crippen LogP contribution in [0.25, 0.3) is 6.08 Å². The van der Waals surface area contributed by atoms with Gasteiger partial charge in [0.25, 0.3) is 11.8 Å². The number of aryl methyl sites for hydroxylation is 1. The zero-order chi connectivity index (χ0) is 25.4. The molecule has 0 atom stereocenters. The lowest BCUT2D eigenvalue weighted by Gasteiger charge is -2.14. The molecule has 0 bridgehead atoms. The fourth-order valence-electron chi connectivity index (χ4n) is 3.08. The first-order chi connectivity index (χ1) is 16.8. The number of hydrogen-bond donors (Lipinski definition) is 3. The van der Waals surface area contributed by atoms with Crippen LogP contribution in [0.5, 0.6) is 17.2 Å². The lowest BCUT2D eigenvalue weighted by molar-refractivity contribution is -0.118. The summed E-state index contributed by atoms with van der Waals surface area (Å²) in [5, 5.41) is 24.3. The van der Waals surface area contributed by atoms with Crippen molar-refractivity contribution < 1.29 is 24.2 Å². The molecule has 8 nitrogen and oxygen atoms in total. The molecule has 0 spiro atoms. The largest absolute Gasteiger partial charge is 0.508 e. The molecular formula is C26H22ClN3O5. The number of carbonyl (C=O) groups is 2. The smallest absolute Gasteiger partial charge is 0.266 e. The van der Waals surface area contributed by atoms with Crippen molar-refractivity contribution >= 4 is 40.9 Å². The number of aromatic hydroxyl groups is 1. The molecule has 0 aliphatic rings. The highest BCUT2D eigenvalue weighted by Crippen LogP contribution is 2.37. The maximum Gasteiger partial charge on any atom is 0.266 e. The molecule has 0 saturated heterocycles. The van der Waals surface area contributed by atoms with Gasteiger partial charge in [-0.3, -0.25) is 9.59 Å². The number of carbonyl (C=O) groups excluding carboxylic acids is 2. The standard InChI is InChI=1S/C26H22ClN3O5/c1-16-4-3-5-20(10-16)29-24(32)15-35-25-22(27)12-17(13-23(25)34-2)11-18(14-28)26(33)30-19-6-8-21(31)9-7-19/h3-13,31H,15H2,1-2H3,(H,29,32)(H,30,33)/b18-11+. The van der Waals surface area contributed by atoms with Crippen LogP contribution in [-0.4, -0.2) is 30.6 Å². The number of nitrogens with zero attached hydrogens (tertiary/aromatic N) is 1. The molecule has 0 aromatic heterocycles. The normalized spacial score (nSPS) is 10.7. The first-order valence-electron chi connectivity index (χ1n) is 10.4. The first kappa shape index (κ1) is 25.1. The summed E-state index contributed by atoms with van der Waals surface area (Å²) in [7, 11) is 1.40. The molecule has 0 aliphatic heterocycles. The number of ether oxygens (including phenoxy) is 2. The molecule has 0 radical (unpaired) electrons. The minimum atomic E-state index is -0.638. The summed E-state index contributed by atoms with van der Waals surface area (Å²) in [5.41, 5.74) is 2.30. The van der Waals surface area contributed by atoms with Gasteiger partial charge in [-0.25, -0.2) is 0 Å². The van der Waals surface area contributed by atoms with Crippen LogP contribution in [0.15, 0.2) is 66.2 Å². The Bertz CT molecular complexity index is 1310. The highest BCUT2D eigenvalue weighted by atomic mass is 35.5. The number of methoxy groups -OCH3 is 1. The third-order valence-corrected chi connectivity index (χ3v) is 4.98. The Morgan fingerprint density at radius 1 is 1.09 bits per heavy atom. The van der Waals surface area contributed by atoms with Gasteiger partial charge in [-0.05, 0) is 72.7 Å². The topological polar surface area (TPSA) is 121 Å². The lowest BCUT2D eigenvalue weighted by atomic mass is 10.1. The Balaban J connectivity index is 1.73. The molecule has 3 rings (SSSR count). The second kappa shape index (κ2) is 11.6. The Kier molecular flexibility index (Phi) is 8.33. The molecule has 0 heterocycles. The molecule has 2 amide bonds. The van der Waals surface area contributed by atoms with Crippen LogP contribution in [0.1, 0.15) is 11.1 Å². The molecule has 178 valence electrons. The van der Waals surface area contributed by atoms with E-state index in [1.165, 1.54) is 49.6 Å². The van der Waals surface area contributed by atoms with Crippen molar-refractivity contribution in [2.45, 2.75) is 6.92 Å². The predicted octanol–water partition coefficient (Wildman–Crippen LogP) is 4.93. The maximum absolute atomic E-state index is 12.5. The van der Waals surface area contributed by atoms with Gasteiger partial charge in [0.1, 0.15) is 17.4 Å². The van der Waals surface area contributed by atoms with Crippen LogP contribution >= 0.6 is 11.6 Å². The molecule has 3 N–H and O–H groups in total. The van der Waals surface area contributed by atoms with Gasteiger partial charge in [0.15, 0.2) is 18.1 Å². The van der Waals surface area contributed by atoms with Gasteiger partial charge in [0.05, 0.1) is 12.1 Å². The van der Waals surface area contributed by atoms with E-state index >= 15 is 0 Å². The third-order valence-electron chi connectivity index (χ3n) is 4.70. The number of anilines is 2. The number of hydrogen-bond acceptors (Lipinski definition) is 6. The van der Waals surface area contributed by atoms with Crippen molar-refractivity contribution in [2.24, 2.45) is 0 Å². The summed E-state index contributed by atoms with van der Waals surface area (Å²) in [5.74, 6) is -0.589. The third kappa shape index (κ3) is 7.00. The summed E-state index contributed by atoms with van der Waals surface area (Å²) in [4.78, 5) is 24.8. The van der Waals surface area contributed by atoms with Crippen LogP contribution in [0.3, 0.4) is 0 Å². The van der Waals surface area contributed by atoms with E-state index in [1.807, 2.05) is 31.2 Å². The molecule has 35 heavy (non-hydrogen) atoms. The average molecular weight is 492 g/mol. The van der Waals surface area contributed by atoms with E-state index < -0.39 is 5.91 Å². The number of halogens is 1. The number of rotatable bonds is 8.